The molecule has 5 aromatic rings. The van der Waals surface area contributed by atoms with Crippen molar-refractivity contribution in [1.82, 2.24) is 4.57 Å². The molecule has 0 aliphatic rings. The summed E-state index contributed by atoms with van der Waals surface area (Å²) in [6.45, 7) is 2.03. The number of ether oxygens (including phenoxy) is 3. The van der Waals surface area contributed by atoms with Crippen molar-refractivity contribution in [2.45, 2.75) is 19.3 Å². The number of benzene rings is 4. The minimum absolute atomic E-state index is 0.00183. The van der Waals surface area contributed by atoms with Crippen LogP contribution in [-0.2, 0) is 12.4 Å². The van der Waals surface area contributed by atoms with Crippen LogP contribution in [0.25, 0.3) is 16.6 Å². The lowest BCUT2D eigenvalue weighted by atomic mass is 10.1. The molecule has 0 bridgehead atoms. The fourth-order valence-corrected chi connectivity index (χ4v) is 7.11. The van der Waals surface area contributed by atoms with Gasteiger partial charge >= 0.3 is 0 Å². The molecule has 5 rings (SSSR count). The summed E-state index contributed by atoms with van der Waals surface area (Å²) < 4.78 is 47.3. The molecule has 0 saturated carbocycles. The summed E-state index contributed by atoms with van der Waals surface area (Å²) in [5.41, 5.74) is 2.53. The number of methoxy groups -OCH3 is 2. The van der Waals surface area contributed by atoms with Crippen molar-refractivity contribution in [2.75, 3.05) is 38.2 Å². The maximum absolute atomic E-state index is 14.1. The van der Waals surface area contributed by atoms with Crippen molar-refractivity contribution < 1.29 is 27.8 Å². The van der Waals surface area contributed by atoms with Gasteiger partial charge in [-0.15, -0.1) is 0 Å². The number of carbonyl (C=O) groups is 1. The van der Waals surface area contributed by atoms with Crippen molar-refractivity contribution in [3.63, 3.8) is 0 Å². The van der Waals surface area contributed by atoms with E-state index in [-0.39, 0.29) is 23.2 Å². The van der Waals surface area contributed by atoms with Crippen LogP contribution in [0.5, 0.6) is 17.2 Å². The van der Waals surface area contributed by atoms with E-state index < -0.39 is 31.4 Å². The van der Waals surface area contributed by atoms with Crippen LogP contribution in [0, 0.1) is 11.6 Å². The lowest BCUT2D eigenvalue weighted by Gasteiger charge is -2.24. The molecule has 4 aromatic carbocycles. The molecule has 0 N–H and O–H groups in total. The van der Waals surface area contributed by atoms with Gasteiger partial charge in [-0.25, -0.2) is 8.78 Å². The van der Waals surface area contributed by atoms with Crippen molar-refractivity contribution >= 4 is 45.8 Å². The third-order valence-electron chi connectivity index (χ3n) is 7.55. The van der Waals surface area contributed by atoms with Gasteiger partial charge in [0.15, 0.2) is 0 Å². The van der Waals surface area contributed by atoms with E-state index in [1.54, 1.807) is 47.9 Å². The number of halogens is 3. The van der Waals surface area contributed by atoms with Gasteiger partial charge in [0, 0.05) is 59.9 Å². The molecule has 0 unspecified atom stereocenters. The average molecular weight is 726 g/mol. The fraction of sp³-hybridized carbons (Fsp3) is 0.222. The third-order valence-corrected chi connectivity index (χ3v) is 9.24. The van der Waals surface area contributed by atoms with Gasteiger partial charge in [-0.1, -0.05) is 24.3 Å². The first-order chi connectivity index (χ1) is 22.4. The highest BCUT2D eigenvalue weighted by molar-refractivity contribution is 9.57. The van der Waals surface area contributed by atoms with Crippen molar-refractivity contribution in [3.8, 4) is 22.9 Å². The van der Waals surface area contributed by atoms with Crippen LogP contribution in [-0.4, -0.2) is 43.8 Å². The molecule has 11 heteroatoms. The zero-order chi connectivity index (χ0) is 33.9. The van der Waals surface area contributed by atoms with Crippen LogP contribution in [0.4, 0.5) is 14.5 Å². The van der Waals surface area contributed by atoms with Crippen LogP contribution in [0.15, 0.2) is 89.9 Å². The Morgan fingerprint density at radius 2 is 1.53 bits per heavy atom. The van der Waals surface area contributed by atoms with Gasteiger partial charge in [-0.3, -0.25) is 9.59 Å². The van der Waals surface area contributed by atoms with E-state index in [1.807, 2.05) is 18.2 Å². The highest BCUT2D eigenvalue weighted by Crippen LogP contribution is 2.51. The summed E-state index contributed by atoms with van der Waals surface area (Å²) in [5.74, 6) is 0.00720. The van der Waals surface area contributed by atoms with Crippen molar-refractivity contribution in [2.24, 2.45) is 0 Å². The first-order valence-electron chi connectivity index (χ1n) is 14.7. The molecule has 0 spiro atoms. The lowest BCUT2D eigenvalue weighted by Crippen LogP contribution is -2.35. The van der Waals surface area contributed by atoms with Crippen LogP contribution in [0.2, 0.25) is 0 Å². The van der Waals surface area contributed by atoms with Crippen molar-refractivity contribution in [1.29, 1.82) is 0 Å². The molecule has 0 aliphatic carbocycles. The third kappa shape index (κ3) is 7.80. The largest absolute Gasteiger partial charge is 0.497 e. The Bertz CT molecular complexity index is 1990. The van der Waals surface area contributed by atoms with E-state index in [0.717, 1.165) is 34.4 Å². The summed E-state index contributed by atoms with van der Waals surface area (Å²) >= 11 is 3.82. The van der Waals surface area contributed by atoms with Gasteiger partial charge in [-0.05, 0) is 69.6 Å². The summed E-state index contributed by atoms with van der Waals surface area (Å²) in [7, 11) is 2.08. The van der Waals surface area contributed by atoms with Crippen LogP contribution in [0.3, 0.4) is 0 Å². The number of fused-ring (bicyclic) bond motifs is 1. The van der Waals surface area contributed by atoms with E-state index in [2.05, 4.69) is 33.4 Å². The molecule has 7 nitrogen and oxygen atoms in total. The van der Waals surface area contributed by atoms with E-state index in [0.29, 0.717) is 35.1 Å². The minimum atomic E-state index is -0.978. The van der Waals surface area contributed by atoms with E-state index in [1.165, 1.54) is 26.0 Å². The maximum atomic E-state index is 14.1. The molecular formula is C36H35BrF2N2O5S. The van der Waals surface area contributed by atoms with Gasteiger partial charge in [-0.2, -0.15) is 8.46 Å². The molecule has 0 fully saturated rings. The standard InChI is InChI=1S/C36H35BrF2N2O5S/c1-6-40(27-14-25(38)13-26(39)15-27)36(43)33-20-41(34-19-29(44-2)11-12-32(34)35(33)42)28-16-30(45-3)18-31(17-28)46-21-23-9-7-8-10-24(23)22-47(4,5)37/h7-20H,6,21-22H2,1-5H3. The van der Waals surface area contributed by atoms with Gasteiger partial charge < -0.3 is 23.7 Å². The zero-order valence-electron chi connectivity index (χ0n) is 26.7. The van der Waals surface area contributed by atoms with Gasteiger partial charge in [0.05, 0.1) is 25.4 Å². The first kappa shape index (κ1) is 34.0. The molecule has 0 aliphatic heterocycles. The maximum Gasteiger partial charge on any atom is 0.263 e. The Morgan fingerprint density at radius 3 is 2.17 bits per heavy atom. The highest BCUT2D eigenvalue weighted by atomic mass is 79.9. The van der Waals surface area contributed by atoms with Gasteiger partial charge in [0.25, 0.3) is 5.91 Å². The summed E-state index contributed by atoms with van der Waals surface area (Å²) in [6, 6.07) is 21.2. The zero-order valence-corrected chi connectivity index (χ0v) is 29.1. The predicted octanol–water partition coefficient (Wildman–Crippen LogP) is 8.41. The fourth-order valence-electron chi connectivity index (χ4n) is 5.35. The quantitative estimate of drug-likeness (QED) is 0.137. The molecule has 0 saturated heterocycles. The number of nitrogens with zero attached hydrogens (tertiary/aromatic N) is 2. The molecular weight excluding hydrogens is 690 g/mol. The van der Waals surface area contributed by atoms with Crippen LogP contribution >= 0.6 is 23.3 Å². The number of hydrogen-bond acceptors (Lipinski definition) is 5. The monoisotopic (exact) mass is 724 g/mol. The van der Waals surface area contributed by atoms with Crippen LogP contribution < -0.4 is 24.5 Å². The smallest absolute Gasteiger partial charge is 0.263 e. The Labute approximate surface area is 281 Å². The second-order valence-corrected chi connectivity index (χ2v) is 19.6. The first-order valence-corrected chi connectivity index (χ1v) is 19.2. The number of hydrogen-bond donors (Lipinski definition) is 0. The molecule has 1 heterocycles. The Kier molecular flexibility index (Phi) is 10.3. The summed E-state index contributed by atoms with van der Waals surface area (Å²) in [5, 5.41) is 0.247. The van der Waals surface area contributed by atoms with E-state index in [4.69, 9.17) is 14.2 Å². The summed E-state index contributed by atoms with van der Waals surface area (Å²) in [4.78, 5) is 28.9. The predicted molar refractivity (Wildman–Crippen MR) is 189 cm³/mol. The molecule has 1 amide bonds. The molecule has 1 aromatic heterocycles. The van der Waals surface area contributed by atoms with Gasteiger partial charge in [0.1, 0.15) is 41.1 Å². The number of amides is 1. The Morgan fingerprint density at radius 1 is 0.872 bits per heavy atom. The topological polar surface area (TPSA) is 70.0 Å². The van der Waals surface area contributed by atoms with E-state index in [9.17, 15) is 18.4 Å². The van der Waals surface area contributed by atoms with Gasteiger partial charge in [0.2, 0.25) is 5.43 Å². The second-order valence-electron chi connectivity index (χ2n) is 11.3. The molecule has 0 atom stereocenters. The lowest BCUT2D eigenvalue weighted by molar-refractivity contribution is 0.0987. The number of rotatable bonds is 11. The highest BCUT2D eigenvalue weighted by Gasteiger charge is 2.24. The molecule has 47 heavy (non-hydrogen) atoms. The number of carbonyl (C=O) groups excluding carboxylic acids is 1. The van der Waals surface area contributed by atoms with E-state index >= 15 is 0 Å². The number of aromatic nitrogens is 1. The Balaban J connectivity index is 1.62. The number of pyridine rings is 1. The van der Waals surface area contributed by atoms with Crippen LogP contribution in [0.1, 0.15) is 28.4 Å². The average Bonchev–Trinajstić information content (AvgIpc) is 3.03. The SMILES string of the molecule is CCN(C(=O)c1cn(-c2cc(OC)cc(OCc3ccccc3CS(C)(C)Br)c2)c2cc(OC)ccc2c1=O)c1cc(F)cc(F)c1. The Hall–Kier alpha value is -4.35. The molecule has 0 radical (unpaired) electrons. The normalized spacial score (nSPS) is 11.7. The molecule has 246 valence electrons. The van der Waals surface area contributed by atoms with Crippen molar-refractivity contribution in [3.05, 3.63) is 124 Å². The second kappa shape index (κ2) is 14.2. The number of anilines is 1. The minimum Gasteiger partial charge on any atom is -0.497 e. The summed E-state index contributed by atoms with van der Waals surface area (Å²) in [6.07, 6.45) is 5.81.